The van der Waals surface area contributed by atoms with Crippen molar-refractivity contribution in [2.45, 2.75) is 6.43 Å². The van der Waals surface area contributed by atoms with Crippen molar-refractivity contribution < 1.29 is 8.78 Å². The minimum absolute atomic E-state index is 0.0635. The fourth-order valence-electron chi connectivity index (χ4n) is 0.648. The van der Waals surface area contributed by atoms with Crippen LogP contribution in [0.5, 0.6) is 0 Å². The molecule has 0 fully saturated rings. The summed E-state index contributed by atoms with van der Waals surface area (Å²) in [6.07, 6.45) is -2.72. The van der Waals surface area contributed by atoms with Crippen molar-refractivity contribution in [1.29, 1.82) is 0 Å². The first-order valence-corrected chi connectivity index (χ1v) is 4.06. The summed E-state index contributed by atoms with van der Waals surface area (Å²) in [5, 5.41) is -0.113. The van der Waals surface area contributed by atoms with Crippen LogP contribution in [0, 0.1) is 0 Å². The van der Waals surface area contributed by atoms with Gasteiger partial charge in [-0.2, -0.15) is 0 Å². The molecule has 66 valence electrons. The summed E-state index contributed by atoms with van der Waals surface area (Å²) >= 11 is 8.27. The van der Waals surface area contributed by atoms with Gasteiger partial charge in [-0.3, -0.25) is 4.79 Å². The fourth-order valence-corrected chi connectivity index (χ4v) is 1.06. The second kappa shape index (κ2) is 3.53. The summed E-state index contributed by atoms with van der Waals surface area (Å²) < 4.78 is 24.1. The molecule has 0 radical (unpaired) electrons. The first kappa shape index (κ1) is 9.67. The van der Waals surface area contributed by atoms with Gasteiger partial charge in [0.05, 0.1) is 5.69 Å². The van der Waals surface area contributed by atoms with Gasteiger partial charge in [0.15, 0.2) is 5.43 Å². The topological polar surface area (TPSA) is 32.9 Å². The summed E-state index contributed by atoms with van der Waals surface area (Å²) in [7, 11) is 0. The van der Waals surface area contributed by atoms with Gasteiger partial charge in [-0.05, 0) is 15.9 Å². The molecular weight excluding hydrogens is 255 g/mol. The van der Waals surface area contributed by atoms with Crippen molar-refractivity contribution in [3.05, 3.63) is 31.6 Å². The van der Waals surface area contributed by atoms with Crippen LogP contribution in [0.4, 0.5) is 8.78 Å². The van der Waals surface area contributed by atoms with E-state index in [2.05, 4.69) is 20.9 Å². The minimum atomic E-state index is -2.72. The highest BCUT2D eigenvalue weighted by molar-refractivity contribution is 9.10. The monoisotopic (exact) mass is 257 g/mol. The molecule has 1 rings (SSSR count). The van der Waals surface area contributed by atoms with Crippen molar-refractivity contribution in [2.24, 2.45) is 0 Å². The van der Waals surface area contributed by atoms with Crippen LogP contribution in [-0.4, -0.2) is 4.98 Å². The van der Waals surface area contributed by atoms with Crippen LogP contribution in [0.1, 0.15) is 12.1 Å². The molecule has 0 atom stereocenters. The smallest absolute Gasteiger partial charge is 0.278 e. The van der Waals surface area contributed by atoms with Crippen LogP contribution < -0.4 is 5.43 Å². The summed E-state index contributed by atoms with van der Waals surface area (Å²) in [6.45, 7) is 0. The molecule has 0 amide bonds. The zero-order chi connectivity index (χ0) is 9.30. The third-order valence-corrected chi connectivity index (χ3v) is 2.48. The van der Waals surface area contributed by atoms with Crippen molar-refractivity contribution in [3.63, 3.8) is 0 Å². The standard InChI is InChI=1S/C6H3BrClF2NO/c7-4-3(12)1-2(6(9)10)11-5(4)8/h1,6H,(H,11,12). The quantitative estimate of drug-likeness (QED) is 0.772. The van der Waals surface area contributed by atoms with Crippen LogP contribution in [0.2, 0.25) is 5.15 Å². The van der Waals surface area contributed by atoms with E-state index in [-0.39, 0.29) is 9.63 Å². The first-order valence-electron chi connectivity index (χ1n) is 2.88. The lowest BCUT2D eigenvalue weighted by Crippen LogP contribution is -2.05. The van der Waals surface area contributed by atoms with Crippen molar-refractivity contribution in [1.82, 2.24) is 4.98 Å². The molecule has 1 aromatic rings. The predicted molar refractivity (Wildman–Crippen MR) is 44.7 cm³/mol. The first-order chi connectivity index (χ1) is 5.52. The molecule has 0 saturated carbocycles. The Morgan fingerprint density at radius 1 is 1.58 bits per heavy atom. The molecule has 0 saturated heterocycles. The van der Waals surface area contributed by atoms with Crippen LogP contribution in [-0.2, 0) is 0 Å². The maximum Gasteiger partial charge on any atom is 0.278 e. The Morgan fingerprint density at radius 3 is 2.58 bits per heavy atom. The second-order valence-corrected chi connectivity index (χ2v) is 3.19. The number of halogens is 4. The van der Waals surface area contributed by atoms with Gasteiger partial charge < -0.3 is 4.98 Å². The molecule has 1 heterocycles. The normalized spacial score (nSPS) is 10.8. The molecule has 1 aromatic heterocycles. The fraction of sp³-hybridized carbons (Fsp3) is 0.167. The Morgan fingerprint density at radius 2 is 2.17 bits per heavy atom. The van der Waals surface area contributed by atoms with Gasteiger partial charge in [-0.15, -0.1) is 0 Å². The maximum atomic E-state index is 12.0. The number of nitrogens with one attached hydrogen (secondary N) is 1. The highest BCUT2D eigenvalue weighted by Crippen LogP contribution is 2.20. The molecule has 2 nitrogen and oxygen atoms in total. The number of alkyl halides is 2. The average molecular weight is 258 g/mol. The van der Waals surface area contributed by atoms with E-state index in [1.54, 1.807) is 0 Å². The largest absolute Gasteiger partial charge is 0.344 e. The van der Waals surface area contributed by atoms with Crippen LogP contribution >= 0.6 is 27.5 Å². The van der Waals surface area contributed by atoms with Crippen molar-refractivity contribution >= 4 is 27.5 Å². The number of rotatable bonds is 1. The average Bonchev–Trinajstić information content (AvgIpc) is 1.99. The van der Waals surface area contributed by atoms with E-state index in [1.807, 2.05) is 0 Å². The molecule has 0 aliphatic carbocycles. The summed E-state index contributed by atoms with van der Waals surface area (Å²) in [5.41, 5.74) is -1.04. The molecule has 0 unspecified atom stereocenters. The van der Waals surface area contributed by atoms with Gasteiger partial charge in [-0.25, -0.2) is 8.78 Å². The summed E-state index contributed by atoms with van der Waals surface area (Å²) in [6, 6.07) is 0.806. The zero-order valence-corrected chi connectivity index (χ0v) is 7.92. The number of pyridine rings is 1. The molecule has 0 spiro atoms. The van der Waals surface area contributed by atoms with Gasteiger partial charge in [-0.1, -0.05) is 11.6 Å². The second-order valence-electron chi connectivity index (χ2n) is 2.02. The van der Waals surface area contributed by atoms with E-state index >= 15 is 0 Å². The summed E-state index contributed by atoms with van der Waals surface area (Å²) in [4.78, 5) is 13.1. The van der Waals surface area contributed by atoms with Gasteiger partial charge in [0, 0.05) is 6.07 Å². The van der Waals surface area contributed by atoms with Crippen molar-refractivity contribution in [2.75, 3.05) is 0 Å². The number of aromatic nitrogens is 1. The highest BCUT2D eigenvalue weighted by Gasteiger charge is 2.11. The molecular formula is C6H3BrClF2NO. The van der Waals surface area contributed by atoms with E-state index < -0.39 is 17.5 Å². The van der Waals surface area contributed by atoms with Gasteiger partial charge in [0.25, 0.3) is 6.43 Å². The number of hydrogen-bond donors (Lipinski definition) is 1. The van der Waals surface area contributed by atoms with E-state index in [1.165, 1.54) is 0 Å². The third-order valence-electron chi connectivity index (χ3n) is 1.18. The van der Waals surface area contributed by atoms with Gasteiger partial charge in [0.2, 0.25) is 0 Å². The van der Waals surface area contributed by atoms with Crippen LogP contribution in [0.15, 0.2) is 15.3 Å². The molecule has 0 aromatic carbocycles. The van der Waals surface area contributed by atoms with Crippen molar-refractivity contribution in [3.8, 4) is 0 Å². The molecule has 1 N–H and O–H groups in total. The lowest BCUT2D eigenvalue weighted by molar-refractivity contribution is 0.146. The molecule has 0 aliphatic rings. The lowest BCUT2D eigenvalue weighted by atomic mass is 10.3. The van der Waals surface area contributed by atoms with Crippen LogP contribution in [0.3, 0.4) is 0 Å². The SMILES string of the molecule is O=c1cc(C(F)F)[nH]c(Cl)c1Br. The van der Waals surface area contributed by atoms with E-state index in [4.69, 9.17) is 11.6 Å². The zero-order valence-electron chi connectivity index (χ0n) is 5.57. The Labute approximate surface area is 79.7 Å². The number of hydrogen-bond acceptors (Lipinski definition) is 1. The Kier molecular flexibility index (Phi) is 2.85. The van der Waals surface area contributed by atoms with Gasteiger partial charge in [0.1, 0.15) is 9.63 Å². The predicted octanol–water partition coefficient (Wildman–Crippen LogP) is 2.73. The highest BCUT2D eigenvalue weighted by atomic mass is 79.9. The van der Waals surface area contributed by atoms with E-state index in [0.29, 0.717) is 0 Å². The molecule has 12 heavy (non-hydrogen) atoms. The maximum absolute atomic E-state index is 12.0. The Hall–Kier alpha value is -0.420. The Bertz CT molecular complexity index is 352. The third kappa shape index (κ3) is 1.84. The number of H-pyrrole nitrogens is 1. The minimum Gasteiger partial charge on any atom is -0.344 e. The molecule has 0 aliphatic heterocycles. The lowest BCUT2D eigenvalue weighted by Gasteiger charge is -2.00. The molecule has 0 bridgehead atoms. The van der Waals surface area contributed by atoms with E-state index in [9.17, 15) is 13.6 Å². The van der Waals surface area contributed by atoms with Crippen LogP contribution in [0.25, 0.3) is 0 Å². The molecule has 6 heteroatoms. The summed E-state index contributed by atoms with van der Waals surface area (Å²) in [5.74, 6) is 0. The Balaban J connectivity index is 3.31. The van der Waals surface area contributed by atoms with Gasteiger partial charge >= 0.3 is 0 Å². The van der Waals surface area contributed by atoms with E-state index in [0.717, 1.165) is 6.07 Å². The number of aromatic amines is 1.